The van der Waals surface area contributed by atoms with Crippen molar-refractivity contribution in [3.05, 3.63) is 59.9 Å². The Hall–Kier alpha value is -2.93. The van der Waals surface area contributed by atoms with E-state index in [0.29, 0.717) is 17.8 Å². The van der Waals surface area contributed by atoms with E-state index in [1.807, 2.05) is 35.2 Å². The number of urea groups is 1. The highest BCUT2D eigenvalue weighted by molar-refractivity contribution is 5.92. The van der Waals surface area contributed by atoms with Crippen molar-refractivity contribution in [3.63, 3.8) is 0 Å². The summed E-state index contributed by atoms with van der Waals surface area (Å²) < 4.78 is 9.98. The summed E-state index contributed by atoms with van der Waals surface area (Å²) in [6, 6.07) is 12.9. The molecule has 0 aliphatic carbocycles. The summed E-state index contributed by atoms with van der Waals surface area (Å²) in [4.78, 5) is 32.5. The van der Waals surface area contributed by atoms with Crippen LogP contribution in [0.3, 0.4) is 0 Å². The second-order valence-corrected chi connectivity index (χ2v) is 7.08. The molecule has 2 fully saturated rings. The number of ether oxygens (including phenoxy) is 2. The Labute approximate surface area is 157 Å². The minimum atomic E-state index is -0.432. The third kappa shape index (κ3) is 3.38. The van der Waals surface area contributed by atoms with Crippen molar-refractivity contribution >= 4 is 17.7 Å². The van der Waals surface area contributed by atoms with Crippen LogP contribution < -0.4 is 4.90 Å². The number of hydrogen-bond acceptors (Lipinski definition) is 5. The zero-order chi connectivity index (χ0) is 18.9. The number of aromatic nitrogens is 1. The normalized spacial score (nSPS) is 17.0. The Balaban J connectivity index is 1.52. The van der Waals surface area contributed by atoms with Crippen LogP contribution in [0.2, 0.25) is 0 Å². The molecule has 2 aromatic rings. The van der Waals surface area contributed by atoms with Gasteiger partial charge in [-0.25, -0.2) is 9.59 Å². The largest absolute Gasteiger partial charge is 0.465 e. The summed E-state index contributed by atoms with van der Waals surface area (Å²) >= 11 is 0. The van der Waals surface area contributed by atoms with Gasteiger partial charge in [-0.15, -0.1) is 0 Å². The summed E-state index contributed by atoms with van der Waals surface area (Å²) in [5.74, 6) is -0.432. The van der Waals surface area contributed by atoms with Crippen LogP contribution in [0.1, 0.15) is 16.1 Å². The second kappa shape index (κ2) is 7.00. The average molecular weight is 367 g/mol. The Bertz CT molecular complexity index is 826. The van der Waals surface area contributed by atoms with Crippen LogP contribution >= 0.6 is 0 Å². The lowest BCUT2D eigenvalue weighted by atomic mass is 9.78. The summed E-state index contributed by atoms with van der Waals surface area (Å²) in [7, 11) is 1.33. The van der Waals surface area contributed by atoms with Gasteiger partial charge in [0.15, 0.2) is 0 Å². The van der Waals surface area contributed by atoms with Crippen LogP contribution in [-0.2, 0) is 16.0 Å². The monoisotopic (exact) mass is 367 g/mol. The Kier molecular flexibility index (Phi) is 4.53. The average Bonchev–Trinajstić information content (AvgIpc) is 2.64. The molecule has 4 rings (SSSR count). The highest BCUT2D eigenvalue weighted by atomic mass is 16.5. The van der Waals surface area contributed by atoms with Crippen LogP contribution in [0.5, 0.6) is 0 Å². The molecule has 2 amide bonds. The number of rotatable bonds is 4. The lowest BCUT2D eigenvalue weighted by Crippen LogP contribution is -2.68. The number of methoxy groups -OCH3 is 1. The Morgan fingerprint density at radius 3 is 2.48 bits per heavy atom. The van der Waals surface area contributed by atoms with Gasteiger partial charge in [-0.2, -0.15) is 0 Å². The second-order valence-electron chi connectivity index (χ2n) is 7.08. The highest BCUT2D eigenvalue weighted by Crippen LogP contribution is 2.38. The fourth-order valence-electron chi connectivity index (χ4n) is 3.44. The molecule has 140 valence electrons. The van der Waals surface area contributed by atoms with E-state index in [9.17, 15) is 9.59 Å². The molecule has 0 bridgehead atoms. The van der Waals surface area contributed by atoms with E-state index in [1.54, 1.807) is 17.0 Å². The molecule has 2 aliphatic heterocycles. The van der Waals surface area contributed by atoms with E-state index in [4.69, 9.17) is 9.47 Å². The summed E-state index contributed by atoms with van der Waals surface area (Å²) in [6.07, 6.45) is 1.47. The van der Waals surface area contributed by atoms with Crippen molar-refractivity contribution in [3.8, 4) is 0 Å². The molecular weight excluding hydrogens is 346 g/mol. The van der Waals surface area contributed by atoms with Gasteiger partial charge in [0.2, 0.25) is 0 Å². The molecule has 7 heteroatoms. The standard InChI is InChI=1S/C20H21N3O4/c1-26-18(24)15-7-8-16(21-9-15)10-23(17-5-3-2-4-6-17)19(25)22-11-20(12-22)13-27-14-20/h2-9H,10-14H2,1H3. The van der Waals surface area contributed by atoms with Gasteiger partial charge in [0.25, 0.3) is 0 Å². The van der Waals surface area contributed by atoms with Crippen molar-refractivity contribution in [1.82, 2.24) is 9.88 Å². The molecule has 0 unspecified atom stereocenters. The number of amides is 2. The number of carbonyl (C=O) groups is 2. The van der Waals surface area contributed by atoms with Gasteiger partial charge in [0.1, 0.15) is 0 Å². The van der Waals surface area contributed by atoms with E-state index in [0.717, 1.165) is 32.0 Å². The van der Waals surface area contributed by atoms with Crippen LogP contribution in [0.25, 0.3) is 0 Å². The topological polar surface area (TPSA) is 72.0 Å². The van der Waals surface area contributed by atoms with E-state index in [1.165, 1.54) is 13.3 Å². The zero-order valence-electron chi connectivity index (χ0n) is 15.1. The van der Waals surface area contributed by atoms with Crippen molar-refractivity contribution in [2.75, 3.05) is 38.3 Å². The number of benzene rings is 1. The number of nitrogens with zero attached hydrogens (tertiary/aromatic N) is 3. The molecule has 2 aliphatic rings. The van der Waals surface area contributed by atoms with Crippen molar-refractivity contribution < 1.29 is 19.1 Å². The van der Waals surface area contributed by atoms with E-state index >= 15 is 0 Å². The summed E-state index contributed by atoms with van der Waals surface area (Å²) in [5, 5.41) is 0. The van der Waals surface area contributed by atoms with Gasteiger partial charge in [-0.1, -0.05) is 18.2 Å². The molecule has 7 nitrogen and oxygen atoms in total. The van der Waals surface area contributed by atoms with Gasteiger partial charge in [-0.3, -0.25) is 9.88 Å². The number of esters is 1. The first kappa shape index (κ1) is 17.5. The molecule has 1 spiro atoms. The Morgan fingerprint density at radius 2 is 1.93 bits per heavy atom. The predicted molar refractivity (Wildman–Crippen MR) is 98.4 cm³/mol. The molecule has 0 radical (unpaired) electrons. The SMILES string of the molecule is COC(=O)c1ccc(CN(C(=O)N2CC3(COC3)C2)c2ccccc2)nc1. The maximum Gasteiger partial charge on any atom is 0.339 e. The van der Waals surface area contributed by atoms with Crippen molar-refractivity contribution in [2.45, 2.75) is 6.54 Å². The van der Waals surface area contributed by atoms with Crippen molar-refractivity contribution in [2.24, 2.45) is 5.41 Å². The number of para-hydroxylation sites is 1. The molecule has 3 heterocycles. The zero-order valence-corrected chi connectivity index (χ0v) is 15.1. The van der Waals surface area contributed by atoms with Crippen LogP contribution in [-0.4, -0.2) is 55.3 Å². The fourth-order valence-corrected chi connectivity index (χ4v) is 3.44. The van der Waals surface area contributed by atoms with Crippen LogP contribution in [0.15, 0.2) is 48.7 Å². The molecule has 1 aromatic heterocycles. The van der Waals surface area contributed by atoms with E-state index < -0.39 is 5.97 Å². The highest BCUT2D eigenvalue weighted by Gasteiger charge is 2.51. The maximum atomic E-state index is 13.1. The number of carbonyl (C=O) groups excluding carboxylic acids is 2. The number of hydrogen-bond donors (Lipinski definition) is 0. The number of anilines is 1. The molecule has 1 aromatic carbocycles. The Morgan fingerprint density at radius 1 is 1.19 bits per heavy atom. The van der Waals surface area contributed by atoms with Gasteiger partial charge in [-0.05, 0) is 24.3 Å². The molecule has 0 atom stereocenters. The fraction of sp³-hybridized carbons (Fsp3) is 0.350. The number of pyridine rings is 1. The van der Waals surface area contributed by atoms with Crippen molar-refractivity contribution in [1.29, 1.82) is 0 Å². The summed E-state index contributed by atoms with van der Waals surface area (Å²) in [6.45, 7) is 3.25. The predicted octanol–water partition coefficient (Wildman–Crippen LogP) is 2.33. The van der Waals surface area contributed by atoms with Gasteiger partial charge in [0, 0.05) is 25.0 Å². The first-order valence-electron chi connectivity index (χ1n) is 8.83. The van der Waals surface area contributed by atoms with Gasteiger partial charge >= 0.3 is 12.0 Å². The molecule has 0 saturated carbocycles. The molecule has 27 heavy (non-hydrogen) atoms. The minimum Gasteiger partial charge on any atom is -0.465 e. The molecule has 0 N–H and O–H groups in total. The van der Waals surface area contributed by atoms with Crippen LogP contribution in [0.4, 0.5) is 10.5 Å². The lowest BCUT2D eigenvalue weighted by Gasteiger charge is -2.55. The smallest absolute Gasteiger partial charge is 0.339 e. The number of likely N-dealkylation sites (tertiary alicyclic amines) is 1. The minimum absolute atomic E-state index is 0.0439. The van der Waals surface area contributed by atoms with Gasteiger partial charge in [0.05, 0.1) is 43.5 Å². The van der Waals surface area contributed by atoms with E-state index in [2.05, 4.69) is 4.98 Å². The quantitative estimate of drug-likeness (QED) is 0.776. The third-order valence-electron chi connectivity index (χ3n) is 5.00. The van der Waals surface area contributed by atoms with E-state index in [-0.39, 0.29) is 11.4 Å². The first-order chi connectivity index (χ1) is 13.1. The molecular formula is C20H21N3O4. The maximum absolute atomic E-state index is 13.1. The first-order valence-corrected chi connectivity index (χ1v) is 8.83. The lowest BCUT2D eigenvalue weighted by molar-refractivity contribution is -0.174. The molecule has 2 saturated heterocycles. The van der Waals surface area contributed by atoms with Gasteiger partial charge < -0.3 is 14.4 Å². The third-order valence-corrected chi connectivity index (χ3v) is 5.00. The van der Waals surface area contributed by atoms with Crippen LogP contribution in [0, 0.1) is 5.41 Å². The summed E-state index contributed by atoms with van der Waals surface area (Å²) in [5.41, 5.74) is 2.06.